The van der Waals surface area contributed by atoms with Gasteiger partial charge in [0.2, 0.25) is 0 Å². The van der Waals surface area contributed by atoms with Crippen molar-refractivity contribution in [3.63, 3.8) is 0 Å². The Labute approximate surface area is 71.1 Å². The van der Waals surface area contributed by atoms with Crippen molar-refractivity contribution in [3.05, 3.63) is 0 Å². The quantitative estimate of drug-likeness (QED) is 0.620. The molecule has 0 rings (SSSR count). The number of hydrogen-bond acceptors (Lipinski definition) is 4. The van der Waals surface area contributed by atoms with Crippen LogP contribution >= 0.6 is 0 Å². The van der Waals surface area contributed by atoms with Crippen molar-refractivity contribution in [1.29, 1.82) is 0 Å². The van der Waals surface area contributed by atoms with Gasteiger partial charge in [-0.3, -0.25) is 9.11 Å². The minimum Gasteiger partial charge on any atom is -0.285 e. The smallest absolute Gasteiger partial charge is 0.268 e. The molecule has 8 heteroatoms. The van der Waals surface area contributed by atoms with Crippen molar-refractivity contribution in [2.75, 3.05) is 0 Å². The van der Waals surface area contributed by atoms with Gasteiger partial charge in [0.1, 0.15) is 10.5 Å². The molecule has 0 saturated heterocycles. The summed E-state index contributed by atoms with van der Waals surface area (Å²) >= 11 is 0. The Morgan fingerprint density at radius 2 is 1.00 bits per heavy atom. The van der Waals surface area contributed by atoms with Crippen LogP contribution in [0.5, 0.6) is 0 Å². The fraction of sp³-hybridized carbons (Fsp3) is 1.00. The second-order valence-electron chi connectivity index (χ2n) is 2.44. The van der Waals surface area contributed by atoms with E-state index in [0.29, 0.717) is 0 Å². The Morgan fingerprint density at radius 3 is 1.08 bits per heavy atom. The molecule has 0 aliphatic heterocycles. The normalized spacial score (nSPS) is 18.7. The van der Waals surface area contributed by atoms with Gasteiger partial charge in [-0.1, -0.05) is 0 Å². The highest BCUT2D eigenvalue weighted by atomic mass is 32.2. The van der Waals surface area contributed by atoms with Crippen LogP contribution in [0.15, 0.2) is 0 Å². The number of rotatable bonds is 3. The molecule has 0 aliphatic rings. The van der Waals surface area contributed by atoms with Gasteiger partial charge in [-0.05, 0) is 13.8 Å². The van der Waals surface area contributed by atoms with E-state index in [1.54, 1.807) is 0 Å². The zero-order valence-electron chi connectivity index (χ0n) is 6.50. The largest absolute Gasteiger partial charge is 0.285 e. The van der Waals surface area contributed by atoms with Crippen LogP contribution in [0.2, 0.25) is 0 Å². The van der Waals surface area contributed by atoms with Gasteiger partial charge in [-0.25, -0.2) is 0 Å². The van der Waals surface area contributed by atoms with Crippen molar-refractivity contribution in [2.24, 2.45) is 0 Å². The summed E-state index contributed by atoms with van der Waals surface area (Å²) in [5.74, 6) is 0. The Hall–Kier alpha value is -0.180. The van der Waals surface area contributed by atoms with E-state index in [0.717, 1.165) is 13.8 Å². The maximum atomic E-state index is 10.4. The third-order valence-corrected chi connectivity index (χ3v) is 4.47. The van der Waals surface area contributed by atoms with Crippen molar-refractivity contribution < 1.29 is 25.9 Å². The fourth-order valence-electron chi connectivity index (χ4n) is 0.484. The second-order valence-corrected chi connectivity index (χ2v) is 5.99. The third kappa shape index (κ3) is 3.05. The molecule has 0 aromatic heterocycles. The summed E-state index contributed by atoms with van der Waals surface area (Å²) in [6, 6.07) is 0. The molecule has 12 heavy (non-hydrogen) atoms. The first kappa shape index (κ1) is 11.8. The molecule has 0 aliphatic carbocycles. The lowest BCUT2D eigenvalue weighted by Gasteiger charge is -2.13. The molecule has 0 radical (unpaired) electrons. The lowest BCUT2D eigenvalue weighted by Crippen LogP contribution is -2.34. The van der Waals surface area contributed by atoms with E-state index in [1.165, 1.54) is 0 Å². The van der Waals surface area contributed by atoms with E-state index >= 15 is 0 Å². The van der Waals surface area contributed by atoms with Gasteiger partial charge in [0.15, 0.2) is 0 Å². The van der Waals surface area contributed by atoms with Gasteiger partial charge in [0.05, 0.1) is 0 Å². The topological polar surface area (TPSA) is 109 Å². The summed E-state index contributed by atoms with van der Waals surface area (Å²) in [5.41, 5.74) is 0. The van der Waals surface area contributed by atoms with Crippen molar-refractivity contribution >= 4 is 20.2 Å². The van der Waals surface area contributed by atoms with Crippen molar-refractivity contribution in [3.8, 4) is 0 Å². The molecule has 0 bridgehead atoms. The molecular weight excluding hydrogens is 208 g/mol. The van der Waals surface area contributed by atoms with E-state index in [4.69, 9.17) is 9.11 Å². The Bertz CT molecular complexity index is 302. The molecule has 2 unspecified atom stereocenters. The van der Waals surface area contributed by atoms with Crippen LogP contribution in [-0.2, 0) is 20.2 Å². The van der Waals surface area contributed by atoms with Crippen LogP contribution in [0, 0.1) is 0 Å². The minimum atomic E-state index is -4.42. The van der Waals surface area contributed by atoms with Gasteiger partial charge in [0, 0.05) is 0 Å². The second kappa shape index (κ2) is 3.29. The summed E-state index contributed by atoms with van der Waals surface area (Å²) in [7, 11) is -8.85. The van der Waals surface area contributed by atoms with Crippen LogP contribution in [0.3, 0.4) is 0 Å². The molecule has 0 aromatic carbocycles. The zero-order chi connectivity index (χ0) is 10.2. The van der Waals surface area contributed by atoms with Crippen molar-refractivity contribution in [2.45, 2.75) is 24.3 Å². The standard InChI is InChI=1S/C4H10O6S2/c1-3(11(5,6)7)4(2)12(8,9)10/h3-4H,1-2H3,(H,5,6,7)(H,8,9,10). The lowest BCUT2D eigenvalue weighted by atomic mass is 10.4. The van der Waals surface area contributed by atoms with E-state index in [1.807, 2.05) is 0 Å². The first-order valence-electron chi connectivity index (χ1n) is 2.99. The van der Waals surface area contributed by atoms with Gasteiger partial charge in [-0.15, -0.1) is 0 Å². The van der Waals surface area contributed by atoms with Crippen LogP contribution in [0.1, 0.15) is 13.8 Å². The van der Waals surface area contributed by atoms with Gasteiger partial charge < -0.3 is 0 Å². The maximum Gasteiger partial charge on any atom is 0.268 e. The fourth-order valence-corrected chi connectivity index (χ4v) is 2.30. The molecule has 0 heterocycles. The maximum absolute atomic E-state index is 10.4. The summed E-state index contributed by atoms with van der Waals surface area (Å²) in [5, 5.41) is -3.07. The average molecular weight is 218 g/mol. The van der Waals surface area contributed by atoms with Gasteiger partial charge in [-0.2, -0.15) is 16.8 Å². The predicted octanol–water partition coefficient (Wildman–Crippen LogP) is -0.461. The molecule has 74 valence electrons. The predicted molar refractivity (Wildman–Crippen MR) is 42.0 cm³/mol. The summed E-state index contributed by atoms with van der Waals surface area (Å²) in [6.45, 7) is 1.99. The monoisotopic (exact) mass is 218 g/mol. The molecule has 0 saturated carbocycles. The molecule has 2 atom stereocenters. The van der Waals surface area contributed by atoms with E-state index in [9.17, 15) is 16.8 Å². The van der Waals surface area contributed by atoms with Crippen LogP contribution in [0.25, 0.3) is 0 Å². The van der Waals surface area contributed by atoms with E-state index in [-0.39, 0.29) is 0 Å². The molecular formula is C4H10O6S2. The Balaban J connectivity index is 4.89. The molecule has 2 N–H and O–H groups in total. The van der Waals surface area contributed by atoms with Gasteiger partial charge in [0.25, 0.3) is 20.2 Å². The highest BCUT2D eigenvalue weighted by molar-refractivity contribution is 7.90. The molecule has 0 fully saturated rings. The summed E-state index contributed by atoms with van der Waals surface area (Å²) in [4.78, 5) is 0. The Morgan fingerprint density at radius 1 is 0.833 bits per heavy atom. The molecule has 0 amide bonds. The minimum absolute atomic E-state index is 0.994. The number of hydrogen-bond donors (Lipinski definition) is 2. The first-order chi connectivity index (χ1) is 5.07. The highest BCUT2D eigenvalue weighted by Gasteiger charge is 2.32. The SMILES string of the molecule is CC(C(C)S(=O)(=O)O)S(=O)(=O)O. The highest BCUT2D eigenvalue weighted by Crippen LogP contribution is 2.10. The lowest BCUT2D eigenvalue weighted by molar-refractivity contribution is 0.446. The molecule has 6 nitrogen and oxygen atoms in total. The van der Waals surface area contributed by atoms with Crippen LogP contribution in [0.4, 0.5) is 0 Å². The van der Waals surface area contributed by atoms with Crippen LogP contribution < -0.4 is 0 Å². The Kier molecular flexibility index (Phi) is 3.24. The molecule has 0 spiro atoms. The molecule has 0 aromatic rings. The zero-order valence-corrected chi connectivity index (χ0v) is 8.13. The average Bonchev–Trinajstić information content (AvgIpc) is 1.80. The van der Waals surface area contributed by atoms with Crippen molar-refractivity contribution in [1.82, 2.24) is 0 Å². The third-order valence-electron chi connectivity index (χ3n) is 1.60. The summed E-state index contributed by atoms with van der Waals surface area (Å²) < 4.78 is 58.4. The van der Waals surface area contributed by atoms with Gasteiger partial charge >= 0.3 is 0 Å². The van der Waals surface area contributed by atoms with E-state index in [2.05, 4.69) is 0 Å². The first-order valence-corrected chi connectivity index (χ1v) is 6.00. The van der Waals surface area contributed by atoms with E-state index < -0.39 is 30.7 Å². The van der Waals surface area contributed by atoms with Crippen LogP contribution in [-0.4, -0.2) is 36.4 Å². The summed E-state index contributed by atoms with van der Waals surface area (Å²) in [6.07, 6.45) is 0.